The Morgan fingerprint density at radius 2 is 1.65 bits per heavy atom. The van der Waals surface area contributed by atoms with Crippen molar-refractivity contribution in [3.63, 3.8) is 0 Å². The molecule has 0 radical (unpaired) electrons. The molecule has 1 fully saturated rings. The van der Waals surface area contributed by atoms with Crippen molar-refractivity contribution < 1.29 is 24.6 Å². The van der Waals surface area contributed by atoms with Crippen LogP contribution in [0.15, 0.2) is 89.8 Å². The molecule has 6 rings (SSSR count). The molecule has 1 aromatic heterocycles. The molecule has 2 aliphatic rings. The van der Waals surface area contributed by atoms with Gasteiger partial charge in [0.15, 0.2) is 0 Å². The van der Waals surface area contributed by atoms with E-state index in [1.54, 1.807) is 11.0 Å². The van der Waals surface area contributed by atoms with Gasteiger partial charge in [0.1, 0.15) is 18.3 Å². The number of rotatable bonds is 5. The molecule has 3 aromatic carbocycles. The van der Waals surface area contributed by atoms with E-state index in [4.69, 9.17) is 4.74 Å². The molecule has 3 amide bonds. The predicted octanol–water partition coefficient (Wildman–Crippen LogP) is 3.18. The Balaban J connectivity index is 0.00000323. The van der Waals surface area contributed by atoms with Crippen molar-refractivity contribution in [1.29, 1.82) is 0 Å². The molecule has 2 atom stereocenters. The molecule has 0 spiro atoms. The first kappa shape index (κ1) is 27.4. The zero-order chi connectivity index (χ0) is 26.8. The van der Waals surface area contributed by atoms with Gasteiger partial charge in [-0.15, -0.1) is 11.8 Å². The van der Waals surface area contributed by atoms with E-state index in [0.29, 0.717) is 37.7 Å². The summed E-state index contributed by atoms with van der Waals surface area (Å²) >= 11 is 1.52. The smallest absolute Gasteiger partial charge is 0.268 e. The van der Waals surface area contributed by atoms with Crippen LogP contribution in [0.4, 0.5) is 5.69 Å². The van der Waals surface area contributed by atoms with E-state index in [1.807, 2.05) is 78.9 Å². The molecule has 9 nitrogen and oxygen atoms in total. The monoisotopic (exact) mass is 558 g/mol. The highest BCUT2D eigenvalue weighted by Crippen LogP contribution is 2.45. The van der Waals surface area contributed by atoms with Gasteiger partial charge in [0.05, 0.1) is 24.2 Å². The number of fused-ring (bicyclic) bond motifs is 2. The van der Waals surface area contributed by atoms with E-state index < -0.39 is 11.3 Å². The molecule has 0 saturated carbocycles. The highest BCUT2D eigenvalue weighted by atomic mass is 32.2. The standard InChI is InChI=1S/C30H28N4O4S.H2O/c35-26(33-14-16-38-17-15-33)19-34-24-12-6-7-13-25(24)39-28(20-8-2-1-3-9-20)27(30(34)37)32-29(36)23-18-21-10-4-5-11-22(21)31-23;/h1-13,18,27-28,31H,14-17,19H2,(H,32,36);1H2. The van der Waals surface area contributed by atoms with Crippen LogP contribution in [0, 0.1) is 0 Å². The van der Waals surface area contributed by atoms with Crippen LogP contribution >= 0.6 is 11.8 Å². The Labute approximate surface area is 235 Å². The van der Waals surface area contributed by atoms with Crippen LogP contribution in [-0.2, 0) is 14.3 Å². The van der Waals surface area contributed by atoms with Gasteiger partial charge in [-0.25, -0.2) is 0 Å². The van der Waals surface area contributed by atoms with Gasteiger partial charge in [-0.05, 0) is 29.8 Å². The van der Waals surface area contributed by atoms with E-state index >= 15 is 0 Å². The normalized spacial score (nSPS) is 18.9. The van der Waals surface area contributed by atoms with Crippen LogP contribution in [0.3, 0.4) is 0 Å². The summed E-state index contributed by atoms with van der Waals surface area (Å²) < 4.78 is 5.40. The minimum absolute atomic E-state index is 0. The number of H-pyrrole nitrogens is 1. The van der Waals surface area contributed by atoms with Gasteiger partial charge in [0, 0.05) is 28.9 Å². The second kappa shape index (κ2) is 12.0. The lowest BCUT2D eigenvalue weighted by Gasteiger charge is -2.31. The number of carbonyl (C=O) groups excluding carboxylic acids is 3. The SMILES string of the molecule is O.O=C(NC1C(=O)N(CC(=O)N2CCOCC2)c2ccccc2SC1c1ccccc1)c1cc2ccccc2[nH]1. The Morgan fingerprint density at radius 3 is 2.42 bits per heavy atom. The third kappa shape index (κ3) is 5.46. The zero-order valence-electron chi connectivity index (χ0n) is 21.7. The molecular formula is C30H30N4O5S. The number of morpholine rings is 1. The Kier molecular flexibility index (Phi) is 8.20. The third-order valence-corrected chi connectivity index (χ3v) is 8.49. The topological polar surface area (TPSA) is 126 Å². The maximum atomic E-state index is 14.3. The number of hydrogen-bond acceptors (Lipinski definition) is 5. The lowest BCUT2D eigenvalue weighted by atomic mass is 10.0. The summed E-state index contributed by atoms with van der Waals surface area (Å²) in [6.07, 6.45) is 0. The number of hydrogen-bond donors (Lipinski definition) is 2. The molecule has 2 unspecified atom stereocenters. The van der Waals surface area contributed by atoms with Crippen molar-refractivity contribution in [3.8, 4) is 0 Å². The van der Waals surface area contributed by atoms with E-state index in [2.05, 4.69) is 10.3 Å². The predicted molar refractivity (Wildman–Crippen MR) is 154 cm³/mol. The molecule has 4 aromatic rings. The van der Waals surface area contributed by atoms with Gasteiger partial charge in [-0.3, -0.25) is 14.4 Å². The van der Waals surface area contributed by atoms with E-state index in [9.17, 15) is 14.4 Å². The molecule has 3 heterocycles. The summed E-state index contributed by atoms with van der Waals surface area (Å²) in [6, 6.07) is 25.8. The Hall–Kier alpha value is -4.12. The van der Waals surface area contributed by atoms with Crippen LogP contribution in [0.25, 0.3) is 10.9 Å². The molecule has 206 valence electrons. The number of nitrogens with zero attached hydrogens (tertiary/aromatic N) is 2. The van der Waals surface area contributed by atoms with Gasteiger partial charge in [-0.1, -0.05) is 60.7 Å². The lowest BCUT2D eigenvalue weighted by Crippen LogP contribution is -2.53. The summed E-state index contributed by atoms with van der Waals surface area (Å²) in [4.78, 5) is 48.5. The van der Waals surface area contributed by atoms with Crippen molar-refractivity contribution in [2.75, 3.05) is 37.7 Å². The third-order valence-electron chi connectivity index (χ3n) is 7.09. The number of thioether (sulfide) groups is 1. The molecule has 2 aliphatic heterocycles. The fourth-order valence-corrected chi connectivity index (χ4v) is 6.41. The molecular weight excluding hydrogens is 528 g/mol. The van der Waals surface area contributed by atoms with E-state index in [1.165, 1.54) is 16.7 Å². The number of benzene rings is 3. The van der Waals surface area contributed by atoms with E-state index in [0.717, 1.165) is 21.4 Å². The first-order valence-corrected chi connectivity index (χ1v) is 13.8. The van der Waals surface area contributed by atoms with Crippen LogP contribution in [0.5, 0.6) is 0 Å². The van der Waals surface area contributed by atoms with Crippen molar-refractivity contribution in [3.05, 3.63) is 96.2 Å². The molecule has 0 aliphatic carbocycles. The first-order valence-electron chi connectivity index (χ1n) is 12.9. The fraction of sp³-hybridized carbons (Fsp3) is 0.233. The fourth-order valence-electron chi connectivity index (χ4n) is 5.07. The molecule has 0 bridgehead atoms. The summed E-state index contributed by atoms with van der Waals surface area (Å²) in [5.41, 5.74) is 2.79. The van der Waals surface area contributed by atoms with Gasteiger partial charge in [0.2, 0.25) is 5.91 Å². The second-order valence-electron chi connectivity index (χ2n) is 9.56. The number of amides is 3. The van der Waals surface area contributed by atoms with Crippen molar-refractivity contribution in [2.45, 2.75) is 16.2 Å². The van der Waals surface area contributed by atoms with Crippen LogP contribution in [0.1, 0.15) is 21.3 Å². The second-order valence-corrected chi connectivity index (χ2v) is 10.7. The van der Waals surface area contributed by atoms with Crippen LogP contribution in [0.2, 0.25) is 0 Å². The average molecular weight is 559 g/mol. The summed E-state index contributed by atoms with van der Waals surface area (Å²) in [5, 5.41) is 3.53. The summed E-state index contributed by atoms with van der Waals surface area (Å²) in [7, 11) is 0. The zero-order valence-corrected chi connectivity index (χ0v) is 22.5. The molecule has 1 saturated heterocycles. The maximum absolute atomic E-state index is 14.3. The Morgan fingerprint density at radius 1 is 0.950 bits per heavy atom. The molecule has 10 heteroatoms. The quantitative estimate of drug-likeness (QED) is 0.389. The van der Waals surface area contributed by atoms with Crippen molar-refractivity contribution in [2.24, 2.45) is 0 Å². The highest BCUT2D eigenvalue weighted by molar-refractivity contribution is 7.99. The maximum Gasteiger partial charge on any atom is 0.268 e. The van der Waals surface area contributed by atoms with Crippen molar-refractivity contribution in [1.82, 2.24) is 15.2 Å². The number of carbonyl (C=O) groups is 3. The lowest BCUT2D eigenvalue weighted by molar-refractivity contribution is -0.135. The van der Waals surface area contributed by atoms with Gasteiger partial charge in [-0.2, -0.15) is 0 Å². The largest absolute Gasteiger partial charge is 0.412 e. The van der Waals surface area contributed by atoms with Gasteiger partial charge < -0.3 is 30.3 Å². The molecule has 4 N–H and O–H groups in total. The highest BCUT2D eigenvalue weighted by Gasteiger charge is 2.40. The van der Waals surface area contributed by atoms with Crippen LogP contribution in [-0.4, -0.2) is 72.0 Å². The average Bonchev–Trinajstić information content (AvgIpc) is 3.39. The number of anilines is 1. The van der Waals surface area contributed by atoms with Gasteiger partial charge in [0.25, 0.3) is 11.8 Å². The first-order chi connectivity index (χ1) is 19.1. The number of para-hydroxylation sites is 2. The van der Waals surface area contributed by atoms with E-state index in [-0.39, 0.29) is 29.7 Å². The van der Waals surface area contributed by atoms with Crippen LogP contribution < -0.4 is 10.2 Å². The minimum Gasteiger partial charge on any atom is -0.412 e. The Bertz CT molecular complexity index is 1490. The number of nitrogens with one attached hydrogen (secondary N) is 2. The summed E-state index contributed by atoms with van der Waals surface area (Å²) in [5.74, 6) is -0.853. The minimum atomic E-state index is -0.916. The number of aromatic amines is 1. The molecule has 40 heavy (non-hydrogen) atoms. The van der Waals surface area contributed by atoms with Gasteiger partial charge >= 0.3 is 0 Å². The number of aromatic nitrogens is 1. The number of ether oxygens (including phenoxy) is 1. The summed E-state index contributed by atoms with van der Waals surface area (Å²) in [6.45, 7) is 1.82. The van der Waals surface area contributed by atoms with Crippen molar-refractivity contribution >= 4 is 46.1 Å².